The summed E-state index contributed by atoms with van der Waals surface area (Å²) in [6.45, 7) is 4.02. The molecular weight excluding hydrogens is 286 g/mol. The average molecular weight is 303 g/mol. The highest BCUT2D eigenvalue weighted by molar-refractivity contribution is 5.98. The highest BCUT2D eigenvalue weighted by Crippen LogP contribution is 2.31. The van der Waals surface area contributed by atoms with Crippen molar-refractivity contribution in [3.8, 4) is 17.2 Å². The van der Waals surface area contributed by atoms with Crippen molar-refractivity contribution in [2.45, 2.75) is 26.7 Å². The molecule has 2 aromatic heterocycles. The monoisotopic (exact) mass is 303 g/mol. The number of nitriles is 1. The first-order chi connectivity index (χ1) is 11.2. The van der Waals surface area contributed by atoms with Gasteiger partial charge in [-0.3, -0.25) is 9.78 Å². The van der Waals surface area contributed by atoms with Crippen LogP contribution in [0.25, 0.3) is 22.0 Å². The van der Waals surface area contributed by atoms with Crippen LogP contribution in [0, 0.1) is 18.3 Å². The van der Waals surface area contributed by atoms with E-state index in [9.17, 15) is 10.1 Å². The summed E-state index contributed by atoms with van der Waals surface area (Å²) in [4.78, 5) is 19.8. The van der Waals surface area contributed by atoms with Crippen molar-refractivity contribution >= 4 is 10.9 Å². The second-order valence-corrected chi connectivity index (χ2v) is 5.55. The van der Waals surface area contributed by atoms with Crippen molar-refractivity contribution in [1.29, 1.82) is 5.26 Å². The number of fused-ring (bicyclic) bond motifs is 1. The van der Waals surface area contributed by atoms with E-state index in [1.54, 1.807) is 0 Å². The third kappa shape index (κ3) is 2.62. The van der Waals surface area contributed by atoms with Crippen molar-refractivity contribution in [3.63, 3.8) is 0 Å². The van der Waals surface area contributed by atoms with Gasteiger partial charge in [0.05, 0.1) is 5.52 Å². The quantitative estimate of drug-likeness (QED) is 0.801. The fourth-order valence-corrected chi connectivity index (χ4v) is 2.96. The van der Waals surface area contributed by atoms with Crippen molar-refractivity contribution < 1.29 is 0 Å². The Morgan fingerprint density at radius 1 is 1.26 bits per heavy atom. The lowest BCUT2D eigenvalue weighted by Crippen LogP contribution is -2.13. The number of rotatable bonds is 3. The minimum atomic E-state index is -0.355. The first kappa shape index (κ1) is 15.0. The van der Waals surface area contributed by atoms with Crippen LogP contribution < -0.4 is 5.56 Å². The number of nitrogens with zero attached hydrogens (tertiary/aromatic N) is 2. The maximum Gasteiger partial charge on any atom is 0.266 e. The van der Waals surface area contributed by atoms with Crippen molar-refractivity contribution in [3.05, 3.63) is 63.7 Å². The van der Waals surface area contributed by atoms with Crippen LogP contribution in [-0.2, 0) is 6.42 Å². The highest BCUT2D eigenvalue weighted by Gasteiger charge is 2.17. The molecule has 0 atom stereocenters. The number of hydrogen-bond donors (Lipinski definition) is 1. The number of nitrogens with one attached hydrogen (secondary N) is 1. The highest BCUT2D eigenvalue weighted by atomic mass is 16.1. The molecule has 1 N–H and O–H groups in total. The molecule has 0 aliphatic rings. The zero-order valence-corrected chi connectivity index (χ0v) is 13.2. The fraction of sp³-hybridized carbons (Fsp3) is 0.211. The molecule has 114 valence electrons. The molecule has 0 radical (unpaired) electrons. The van der Waals surface area contributed by atoms with Gasteiger partial charge in [0, 0.05) is 22.3 Å². The van der Waals surface area contributed by atoms with Gasteiger partial charge in [-0.25, -0.2) is 0 Å². The number of aromatic amines is 1. The lowest BCUT2D eigenvalue weighted by Gasteiger charge is -2.12. The molecule has 0 bridgehead atoms. The van der Waals surface area contributed by atoms with Crippen LogP contribution in [0.15, 0.2) is 41.2 Å². The summed E-state index contributed by atoms with van der Waals surface area (Å²) in [6, 6.07) is 13.5. The van der Waals surface area contributed by atoms with Crippen LogP contribution in [0.2, 0.25) is 0 Å². The molecule has 0 amide bonds. The van der Waals surface area contributed by atoms with Gasteiger partial charge < -0.3 is 4.98 Å². The summed E-state index contributed by atoms with van der Waals surface area (Å²) in [5.74, 6) is 0. The average Bonchev–Trinajstić information content (AvgIpc) is 2.54. The molecule has 0 fully saturated rings. The van der Waals surface area contributed by atoms with Crippen LogP contribution in [-0.4, -0.2) is 9.97 Å². The Balaban J connectivity index is 2.45. The Hall–Kier alpha value is -2.93. The van der Waals surface area contributed by atoms with Gasteiger partial charge in [0.25, 0.3) is 5.56 Å². The Morgan fingerprint density at radius 3 is 2.65 bits per heavy atom. The first-order valence-corrected chi connectivity index (χ1v) is 7.67. The Kier molecular flexibility index (Phi) is 3.94. The summed E-state index contributed by atoms with van der Waals surface area (Å²) < 4.78 is 0. The molecule has 2 heterocycles. The van der Waals surface area contributed by atoms with E-state index in [0.29, 0.717) is 5.56 Å². The summed E-state index contributed by atoms with van der Waals surface area (Å²) >= 11 is 0. The zero-order chi connectivity index (χ0) is 16.4. The number of aromatic nitrogens is 2. The van der Waals surface area contributed by atoms with Gasteiger partial charge in [-0.15, -0.1) is 0 Å². The summed E-state index contributed by atoms with van der Waals surface area (Å²) in [7, 11) is 0. The summed E-state index contributed by atoms with van der Waals surface area (Å²) in [5, 5.41) is 10.3. The smallest absolute Gasteiger partial charge is 0.266 e. The van der Waals surface area contributed by atoms with Gasteiger partial charge in [0.1, 0.15) is 11.6 Å². The fourth-order valence-electron chi connectivity index (χ4n) is 2.96. The van der Waals surface area contributed by atoms with Crippen molar-refractivity contribution in [1.82, 2.24) is 9.97 Å². The molecule has 0 spiro atoms. The molecule has 0 aliphatic heterocycles. The topological polar surface area (TPSA) is 69.5 Å². The maximum atomic E-state index is 12.3. The minimum absolute atomic E-state index is 0.136. The van der Waals surface area contributed by atoms with Crippen LogP contribution >= 0.6 is 0 Å². The van der Waals surface area contributed by atoms with Crippen LogP contribution in [0.1, 0.15) is 30.3 Å². The molecule has 3 aromatic rings. The SMILES string of the molecule is CCCc1cc2[nH]c(=O)c(C#N)c(-c3ccccc3)c2c(C)n1. The molecule has 0 saturated carbocycles. The van der Waals surface area contributed by atoms with Gasteiger partial charge in [0.15, 0.2) is 0 Å². The second-order valence-electron chi connectivity index (χ2n) is 5.55. The predicted octanol–water partition coefficient (Wildman–Crippen LogP) is 3.72. The van der Waals surface area contributed by atoms with Crippen LogP contribution in [0.5, 0.6) is 0 Å². The van der Waals surface area contributed by atoms with E-state index in [4.69, 9.17) is 0 Å². The molecule has 4 heteroatoms. The number of benzene rings is 1. The molecule has 3 rings (SSSR count). The van der Waals surface area contributed by atoms with E-state index in [2.05, 4.69) is 16.9 Å². The van der Waals surface area contributed by atoms with E-state index < -0.39 is 0 Å². The van der Waals surface area contributed by atoms with E-state index in [-0.39, 0.29) is 11.1 Å². The zero-order valence-electron chi connectivity index (χ0n) is 13.2. The van der Waals surface area contributed by atoms with Crippen molar-refractivity contribution in [2.24, 2.45) is 0 Å². The van der Waals surface area contributed by atoms with Gasteiger partial charge in [-0.2, -0.15) is 5.26 Å². The van der Waals surface area contributed by atoms with E-state index in [0.717, 1.165) is 40.7 Å². The largest absolute Gasteiger partial charge is 0.321 e. The lowest BCUT2D eigenvalue weighted by atomic mass is 9.95. The molecule has 1 aromatic carbocycles. The summed E-state index contributed by atoms with van der Waals surface area (Å²) in [5.41, 5.74) is 3.83. The normalized spacial score (nSPS) is 10.7. The van der Waals surface area contributed by atoms with Gasteiger partial charge in [-0.05, 0) is 25.0 Å². The molecule has 0 saturated heterocycles. The number of hydrogen-bond acceptors (Lipinski definition) is 3. The number of pyridine rings is 2. The van der Waals surface area contributed by atoms with Crippen LogP contribution in [0.4, 0.5) is 0 Å². The van der Waals surface area contributed by atoms with Crippen molar-refractivity contribution in [2.75, 3.05) is 0 Å². The van der Waals surface area contributed by atoms with E-state index in [1.165, 1.54) is 0 Å². The second kappa shape index (κ2) is 6.05. The van der Waals surface area contributed by atoms with E-state index >= 15 is 0 Å². The molecule has 4 nitrogen and oxygen atoms in total. The van der Waals surface area contributed by atoms with Gasteiger partial charge in [0.2, 0.25) is 0 Å². The predicted molar refractivity (Wildman–Crippen MR) is 91.2 cm³/mol. The number of aryl methyl sites for hydroxylation is 2. The maximum absolute atomic E-state index is 12.3. The molecule has 0 aliphatic carbocycles. The third-order valence-corrected chi connectivity index (χ3v) is 3.91. The molecular formula is C19H17N3O. The third-order valence-electron chi connectivity index (χ3n) is 3.91. The number of H-pyrrole nitrogens is 1. The molecule has 23 heavy (non-hydrogen) atoms. The Bertz CT molecular complexity index is 966. The molecule has 0 unspecified atom stereocenters. The van der Waals surface area contributed by atoms with Gasteiger partial charge >= 0.3 is 0 Å². The standard InChI is InChI=1S/C19H17N3O/c1-3-7-14-10-16-17(12(2)21-14)18(13-8-5-4-6-9-13)15(11-20)19(23)22-16/h4-6,8-10H,3,7H2,1-2H3,(H,22,23). The Labute approximate surface area is 134 Å². The Morgan fingerprint density at radius 2 is 2.00 bits per heavy atom. The van der Waals surface area contributed by atoms with Crippen LogP contribution in [0.3, 0.4) is 0 Å². The van der Waals surface area contributed by atoms with E-state index in [1.807, 2.05) is 49.4 Å². The lowest BCUT2D eigenvalue weighted by molar-refractivity contribution is 0.878. The van der Waals surface area contributed by atoms with Gasteiger partial charge in [-0.1, -0.05) is 43.7 Å². The first-order valence-electron chi connectivity index (χ1n) is 7.67. The minimum Gasteiger partial charge on any atom is -0.321 e. The summed E-state index contributed by atoms with van der Waals surface area (Å²) in [6.07, 6.45) is 1.85.